The van der Waals surface area contributed by atoms with E-state index < -0.39 is 5.97 Å². The molecule has 5 nitrogen and oxygen atoms in total. The first-order valence-electron chi connectivity index (χ1n) is 3.85. The van der Waals surface area contributed by atoms with Crippen LogP contribution in [0, 0.1) is 5.92 Å². The van der Waals surface area contributed by atoms with Crippen LogP contribution in [-0.2, 0) is 4.74 Å². The molecule has 72 valence electrons. The first-order chi connectivity index (χ1) is 6.09. The first-order valence-corrected chi connectivity index (χ1v) is 4.67. The Morgan fingerprint density at radius 2 is 2.31 bits per heavy atom. The second-order valence-corrected chi connectivity index (χ2v) is 3.95. The molecule has 0 spiro atoms. The number of nitrogens with zero attached hydrogens (tertiary/aromatic N) is 2. The summed E-state index contributed by atoms with van der Waals surface area (Å²) in [6.07, 6.45) is 0. The molecule has 2 N–H and O–H groups in total. The summed E-state index contributed by atoms with van der Waals surface area (Å²) in [4.78, 5) is 11.2. The number of nitrogens with two attached hydrogens (primary N) is 1. The Hall–Kier alpha value is -1.17. The number of carbonyl (C=O) groups is 1. The summed E-state index contributed by atoms with van der Waals surface area (Å²) in [7, 11) is 0. The van der Waals surface area contributed by atoms with Gasteiger partial charge in [0.25, 0.3) is 0 Å². The van der Waals surface area contributed by atoms with E-state index in [1.54, 1.807) is 0 Å². The van der Waals surface area contributed by atoms with Crippen LogP contribution in [0.1, 0.15) is 23.6 Å². The highest BCUT2D eigenvalue weighted by molar-refractivity contribution is 7.16. The van der Waals surface area contributed by atoms with Crippen molar-refractivity contribution >= 4 is 22.4 Å². The quantitative estimate of drug-likeness (QED) is 0.736. The Kier molecular flexibility index (Phi) is 3.18. The van der Waals surface area contributed by atoms with Crippen molar-refractivity contribution in [3.8, 4) is 0 Å². The minimum absolute atomic E-state index is 0.207. The Balaban J connectivity index is 2.49. The summed E-state index contributed by atoms with van der Waals surface area (Å²) < 4.78 is 4.92. The van der Waals surface area contributed by atoms with Crippen molar-refractivity contribution in [1.82, 2.24) is 10.2 Å². The highest BCUT2D eigenvalue weighted by Crippen LogP contribution is 2.12. The number of hydrogen-bond acceptors (Lipinski definition) is 6. The summed E-state index contributed by atoms with van der Waals surface area (Å²) in [5.74, 6) is -0.142. The van der Waals surface area contributed by atoms with Crippen LogP contribution in [0.3, 0.4) is 0 Å². The Labute approximate surface area is 79.9 Å². The van der Waals surface area contributed by atoms with E-state index in [0.29, 0.717) is 12.5 Å². The number of hydrogen-bond donors (Lipinski definition) is 1. The molecule has 0 saturated heterocycles. The number of rotatable bonds is 3. The van der Waals surface area contributed by atoms with Crippen LogP contribution in [0.25, 0.3) is 0 Å². The van der Waals surface area contributed by atoms with Crippen LogP contribution in [0.4, 0.5) is 5.13 Å². The topological polar surface area (TPSA) is 78.1 Å². The third-order valence-corrected chi connectivity index (χ3v) is 1.90. The summed E-state index contributed by atoms with van der Waals surface area (Å²) in [6.45, 7) is 4.31. The van der Waals surface area contributed by atoms with E-state index in [-0.39, 0.29) is 10.1 Å². The SMILES string of the molecule is CC(C)COC(=O)c1nnc(N)s1. The molecule has 0 aliphatic carbocycles. The van der Waals surface area contributed by atoms with Gasteiger partial charge >= 0.3 is 5.97 Å². The Morgan fingerprint density at radius 1 is 1.62 bits per heavy atom. The molecule has 0 bridgehead atoms. The molecule has 0 fully saturated rings. The third kappa shape index (κ3) is 2.98. The highest BCUT2D eigenvalue weighted by Gasteiger charge is 2.13. The van der Waals surface area contributed by atoms with Gasteiger partial charge in [0.1, 0.15) is 0 Å². The zero-order chi connectivity index (χ0) is 9.84. The molecule has 1 rings (SSSR count). The zero-order valence-electron chi connectivity index (χ0n) is 7.48. The van der Waals surface area contributed by atoms with Gasteiger partial charge in [0.05, 0.1) is 6.61 Å². The molecule has 0 aliphatic heterocycles. The molecule has 0 aromatic carbocycles. The predicted octanol–water partition coefficient (Wildman–Crippen LogP) is 0.933. The summed E-state index contributed by atoms with van der Waals surface area (Å²) in [5, 5.41) is 7.55. The smallest absolute Gasteiger partial charge is 0.369 e. The van der Waals surface area contributed by atoms with Crippen molar-refractivity contribution in [2.24, 2.45) is 5.92 Å². The monoisotopic (exact) mass is 201 g/mol. The van der Waals surface area contributed by atoms with Crippen molar-refractivity contribution in [2.45, 2.75) is 13.8 Å². The standard InChI is InChI=1S/C7H11N3O2S/c1-4(2)3-12-6(11)5-9-10-7(8)13-5/h4H,3H2,1-2H3,(H2,8,10). The lowest BCUT2D eigenvalue weighted by atomic mass is 10.2. The second-order valence-electron chi connectivity index (χ2n) is 2.94. The van der Waals surface area contributed by atoms with Gasteiger partial charge in [-0.1, -0.05) is 25.2 Å². The van der Waals surface area contributed by atoms with Gasteiger partial charge in [0.15, 0.2) is 0 Å². The van der Waals surface area contributed by atoms with Gasteiger partial charge in [-0.05, 0) is 5.92 Å². The van der Waals surface area contributed by atoms with E-state index in [2.05, 4.69) is 10.2 Å². The van der Waals surface area contributed by atoms with Crippen molar-refractivity contribution in [2.75, 3.05) is 12.3 Å². The molecule has 1 aromatic heterocycles. The first kappa shape index (κ1) is 9.91. The van der Waals surface area contributed by atoms with Gasteiger partial charge < -0.3 is 10.5 Å². The van der Waals surface area contributed by atoms with Gasteiger partial charge in [-0.15, -0.1) is 10.2 Å². The van der Waals surface area contributed by atoms with E-state index in [4.69, 9.17) is 10.5 Å². The maximum absolute atomic E-state index is 11.2. The number of esters is 1. The van der Waals surface area contributed by atoms with Crippen LogP contribution < -0.4 is 5.73 Å². The average molecular weight is 201 g/mol. The number of nitrogen functional groups attached to an aromatic ring is 1. The zero-order valence-corrected chi connectivity index (χ0v) is 8.30. The highest BCUT2D eigenvalue weighted by atomic mass is 32.1. The van der Waals surface area contributed by atoms with Crippen LogP contribution in [0.15, 0.2) is 0 Å². The largest absolute Gasteiger partial charge is 0.460 e. The molecule has 1 aromatic rings. The van der Waals surface area contributed by atoms with E-state index in [1.165, 1.54) is 0 Å². The normalized spacial score (nSPS) is 10.4. The minimum Gasteiger partial charge on any atom is -0.460 e. The number of aromatic nitrogens is 2. The number of carbonyl (C=O) groups excluding carboxylic acids is 1. The molecule has 0 saturated carbocycles. The van der Waals surface area contributed by atoms with Gasteiger partial charge in [-0.2, -0.15) is 0 Å². The third-order valence-electron chi connectivity index (χ3n) is 1.16. The van der Waals surface area contributed by atoms with E-state index in [0.717, 1.165) is 11.3 Å². The fourth-order valence-electron chi connectivity index (χ4n) is 0.621. The van der Waals surface area contributed by atoms with Gasteiger partial charge in [0, 0.05) is 0 Å². The molecule has 0 unspecified atom stereocenters. The van der Waals surface area contributed by atoms with Crippen LogP contribution in [-0.4, -0.2) is 22.8 Å². The second kappa shape index (κ2) is 4.18. The van der Waals surface area contributed by atoms with Gasteiger partial charge in [0.2, 0.25) is 10.1 Å². The maximum atomic E-state index is 11.2. The summed E-state index contributed by atoms with van der Waals surface area (Å²) in [5.41, 5.74) is 5.31. The fourth-order valence-corrected chi connectivity index (χ4v) is 1.12. The molecule has 0 aliphatic rings. The van der Waals surface area contributed by atoms with E-state index >= 15 is 0 Å². The Morgan fingerprint density at radius 3 is 2.77 bits per heavy atom. The molecular weight excluding hydrogens is 190 g/mol. The predicted molar refractivity (Wildman–Crippen MR) is 49.4 cm³/mol. The van der Waals surface area contributed by atoms with Gasteiger partial charge in [-0.25, -0.2) is 4.79 Å². The average Bonchev–Trinajstić information content (AvgIpc) is 2.47. The van der Waals surface area contributed by atoms with Crippen molar-refractivity contribution in [3.05, 3.63) is 5.01 Å². The minimum atomic E-state index is -0.456. The van der Waals surface area contributed by atoms with E-state index in [9.17, 15) is 4.79 Å². The Bertz CT molecular complexity index is 298. The maximum Gasteiger partial charge on any atom is 0.369 e. The molecule has 0 atom stereocenters. The van der Waals surface area contributed by atoms with E-state index in [1.807, 2.05) is 13.8 Å². The summed E-state index contributed by atoms with van der Waals surface area (Å²) >= 11 is 1.03. The lowest BCUT2D eigenvalue weighted by Crippen LogP contribution is -2.09. The van der Waals surface area contributed by atoms with Crippen molar-refractivity contribution < 1.29 is 9.53 Å². The molecule has 0 amide bonds. The molecule has 6 heteroatoms. The molecule has 1 heterocycles. The number of anilines is 1. The van der Waals surface area contributed by atoms with Gasteiger partial charge in [-0.3, -0.25) is 0 Å². The van der Waals surface area contributed by atoms with Crippen molar-refractivity contribution in [3.63, 3.8) is 0 Å². The van der Waals surface area contributed by atoms with Crippen molar-refractivity contribution in [1.29, 1.82) is 0 Å². The lowest BCUT2D eigenvalue weighted by molar-refractivity contribution is 0.0457. The van der Waals surface area contributed by atoms with Crippen LogP contribution in [0.5, 0.6) is 0 Å². The van der Waals surface area contributed by atoms with Crippen LogP contribution in [0.2, 0.25) is 0 Å². The number of ether oxygens (including phenoxy) is 1. The molecule has 13 heavy (non-hydrogen) atoms. The lowest BCUT2D eigenvalue weighted by Gasteiger charge is -2.03. The molecule has 0 radical (unpaired) electrons. The summed E-state index contributed by atoms with van der Waals surface area (Å²) in [6, 6.07) is 0. The van der Waals surface area contributed by atoms with Crippen LogP contribution >= 0.6 is 11.3 Å². The fraction of sp³-hybridized carbons (Fsp3) is 0.571. The molecular formula is C7H11N3O2S.